The second-order valence-electron chi connectivity index (χ2n) is 5.05. The first-order chi connectivity index (χ1) is 10.2. The largest absolute Gasteiger partial charge is 0.353 e. The zero-order chi connectivity index (χ0) is 14.4. The average molecular weight is 277 g/mol. The van der Waals surface area contributed by atoms with Gasteiger partial charge in [-0.05, 0) is 43.3 Å². The molecule has 0 amide bonds. The number of aryl methyl sites for hydroxylation is 1. The minimum atomic E-state index is -0.246. The van der Waals surface area contributed by atoms with E-state index in [-0.39, 0.29) is 5.82 Å². The van der Waals surface area contributed by atoms with Gasteiger partial charge in [0, 0.05) is 22.5 Å². The second-order valence-corrected chi connectivity index (χ2v) is 5.05. The highest BCUT2D eigenvalue weighted by atomic mass is 19.1. The molecule has 4 aromatic rings. The van der Waals surface area contributed by atoms with Gasteiger partial charge in [0.2, 0.25) is 0 Å². The van der Waals surface area contributed by atoms with Gasteiger partial charge in [-0.2, -0.15) is 0 Å². The van der Waals surface area contributed by atoms with E-state index in [0.717, 1.165) is 38.9 Å². The number of fused-ring (bicyclic) bond motifs is 3. The summed E-state index contributed by atoms with van der Waals surface area (Å²) in [5.41, 5.74) is 4.26. The van der Waals surface area contributed by atoms with Gasteiger partial charge in [0.05, 0.1) is 22.6 Å². The van der Waals surface area contributed by atoms with Gasteiger partial charge in [-0.25, -0.2) is 9.37 Å². The maximum Gasteiger partial charge on any atom is 0.125 e. The van der Waals surface area contributed by atoms with Crippen LogP contribution in [0.5, 0.6) is 0 Å². The summed E-state index contributed by atoms with van der Waals surface area (Å²) < 4.78 is 13.4. The van der Waals surface area contributed by atoms with Crippen LogP contribution in [0.2, 0.25) is 0 Å². The molecule has 0 aliphatic rings. The van der Waals surface area contributed by atoms with Gasteiger partial charge >= 0.3 is 0 Å². The zero-order valence-corrected chi connectivity index (χ0v) is 11.4. The number of aromatic amines is 1. The molecular formula is C17H12FN3. The van der Waals surface area contributed by atoms with Crippen molar-refractivity contribution in [1.82, 2.24) is 15.0 Å². The van der Waals surface area contributed by atoms with E-state index in [1.807, 2.05) is 31.2 Å². The smallest absolute Gasteiger partial charge is 0.125 e. The van der Waals surface area contributed by atoms with E-state index in [1.165, 1.54) is 12.1 Å². The Bertz CT molecular complexity index is 958. The van der Waals surface area contributed by atoms with Gasteiger partial charge in [-0.3, -0.25) is 4.98 Å². The van der Waals surface area contributed by atoms with Gasteiger partial charge in [0.1, 0.15) is 5.82 Å². The van der Waals surface area contributed by atoms with E-state index in [0.29, 0.717) is 0 Å². The molecule has 0 bridgehead atoms. The van der Waals surface area contributed by atoms with Crippen LogP contribution in [0.15, 0.2) is 48.7 Å². The Hall–Kier alpha value is -2.75. The van der Waals surface area contributed by atoms with Gasteiger partial charge in [0.15, 0.2) is 0 Å². The van der Waals surface area contributed by atoms with Crippen molar-refractivity contribution in [1.29, 1.82) is 0 Å². The minimum absolute atomic E-state index is 0.246. The molecule has 0 radical (unpaired) electrons. The van der Waals surface area contributed by atoms with Crippen molar-refractivity contribution in [2.24, 2.45) is 0 Å². The molecule has 0 aliphatic carbocycles. The molecule has 4 heteroatoms. The molecule has 0 saturated carbocycles. The van der Waals surface area contributed by atoms with Gasteiger partial charge < -0.3 is 4.98 Å². The highest BCUT2D eigenvalue weighted by Crippen LogP contribution is 2.30. The Balaban J connectivity index is 2.07. The summed E-state index contributed by atoms with van der Waals surface area (Å²) in [5, 5.41) is 2.03. The van der Waals surface area contributed by atoms with Gasteiger partial charge in [-0.1, -0.05) is 6.07 Å². The third-order valence-electron chi connectivity index (χ3n) is 3.66. The summed E-state index contributed by atoms with van der Waals surface area (Å²) in [6, 6.07) is 12.5. The van der Waals surface area contributed by atoms with Crippen LogP contribution < -0.4 is 0 Å². The quantitative estimate of drug-likeness (QED) is 0.566. The number of hydrogen-bond donors (Lipinski definition) is 1. The zero-order valence-electron chi connectivity index (χ0n) is 11.4. The van der Waals surface area contributed by atoms with Crippen LogP contribution in [0, 0.1) is 12.7 Å². The van der Waals surface area contributed by atoms with Crippen LogP contribution in [0.3, 0.4) is 0 Å². The molecule has 102 valence electrons. The number of aromatic nitrogens is 3. The summed E-state index contributed by atoms with van der Waals surface area (Å²) in [4.78, 5) is 12.2. The lowest BCUT2D eigenvalue weighted by atomic mass is 10.1. The summed E-state index contributed by atoms with van der Waals surface area (Å²) in [5.74, 6) is -0.246. The Morgan fingerprint density at radius 2 is 1.90 bits per heavy atom. The fourth-order valence-electron chi connectivity index (χ4n) is 2.68. The Labute approximate surface area is 120 Å². The van der Waals surface area contributed by atoms with E-state index in [2.05, 4.69) is 15.0 Å². The summed E-state index contributed by atoms with van der Waals surface area (Å²) in [6.45, 7) is 1.94. The molecular weight excluding hydrogens is 265 g/mol. The highest BCUT2D eigenvalue weighted by Gasteiger charge is 2.11. The Morgan fingerprint density at radius 1 is 1.00 bits per heavy atom. The van der Waals surface area contributed by atoms with Crippen LogP contribution in [0.25, 0.3) is 33.2 Å². The number of nitrogens with zero attached hydrogens (tertiary/aromatic N) is 2. The van der Waals surface area contributed by atoms with E-state index in [4.69, 9.17) is 0 Å². The predicted molar refractivity (Wildman–Crippen MR) is 81.5 cm³/mol. The molecule has 21 heavy (non-hydrogen) atoms. The normalized spacial score (nSPS) is 11.3. The van der Waals surface area contributed by atoms with Crippen molar-refractivity contribution in [3.63, 3.8) is 0 Å². The summed E-state index contributed by atoms with van der Waals surface area (Å²) in [6.07, 6.45) is 1.75. The van der Waals surface area contributed by atoms with Gasteiger partial charge in [0.25, 0.3) is 0 Å². The lowest BCUT2D eigenvalue weighted by molar-refractivity contribution is 0.629. The molecule has 1 aromatic carbocycles. The third kappa shape index (κ3) is 1.88. The van der Waals surface area contributed by atoms with Crippen LogP contribution in [0.4, 0.5) is 4.39 Å². The van der Waals surface area contributed by atoms with E-state index >= 15 is 0 Å². The van der Waals surface area contributed by atoms with Gasteiger partial charge in [-0.15, -0.1) is 0 Å². The SMILES string of the molecule is Cc1nc(-c2ccccn2)cc2c1[nH]c1cc(F)ccc12. The highest BCUT2D eigenvalue weighted by molar-refractivity contribution is 6.08. The average Bonchev–Trinajstić information content (AvgIpc) is 2.86. The number of benzene rings is 1. The number of hydrogen-bond acceptors (Lipinski definition) is 2. The number of halogens is 1. The van der Waals surface area contributed by atoms with Crippen molar-refractivity contribution in [3.05, 3.63) is 60.2 Å². The Morgan fingerprint density at radius 3 is 2.71 bits per heavy atom. The number of nitrogens with one attached hydrogen (secondary N) is 1. The molecule has 0 aliphatic heterocycles. The molecule has 0 saturated heterocycles. The van der Waals surface area contributed by atoms with E-state index in [9.17, 15) is 4.39 Å². The van der Waals surface area contributed by atoms with Crippen molar-refractivity contribution < 1.29 is 4.39 Å². The first-order valence-electron chi connectivity index (χ1n) is 6.72. The van der Waals surface area contributed by atoms with Crippen molar-refractivity contribution in [2.75, 3.05) is 0 Å². The molecule has 3 aromatic heterocycles. The fraction of sp³-hybridized carbons (Fsp3) is 0.0588. The van der Waals surface area contributed by atoms with Crippen LogP contribution >= 0.6 is 0 Å². The number of H-pyrrole nitrogens is 1. The fourth-order valence-corrected chi connectivity index (χ4v) is 2.68. The molecule has 3 nitrogen and oxygen atoms in total. The topological polar surface area (TPSA) is 41.6 Å². The van der Waals surface area contributed by atoms with Crippen LogP contribution in [0.1, 0.15) is 5.69 Å². The molecule has 1 N–H and O–H groups in total. The minimum Gasteiger partial charge on any atom is -0.353 e. The first-order valence-corrected chi connectivity index (χ1v) is 6.72. The van der Waals surface area contributed by atoms with E-state index < -0.39 is 0 Å². The van der Waals surface area contributed by atoms with Crippen molar-refractivity contribution in [3.8, 4) is 11.4 Å². The second kappa shape index (κ2) is 4.38. The Kier molecular flexibility index (Phi) is 2.51. The monoisotopic (exact) mass is 277 g/mol. The number of pyridine rings is 2. The summed E-state index contributed by atoms with van der Waals surface area (Å²) in [7, 11) is 0. The third-order valence-corrected chi connectivity index (χ3v) is 3.66. The maximum atomic E-state index is 13.4. The van der Waals surface area contributed by atoms with Crippen molar-refractivity contribution >= 4 is 21.8 Å². The number of rotatable bonds is 1. The lowest BCUT2D eigenvalue weighted by Crippen LogP contribution is -1.90. The molecule has 0 fully saturated rings. The van der Waals surface area contributed by atoms with Crippen LogP contribution in [-0.4, -0.2) is 15.0 Å². The van der Waals surface area contributed by atoms with Crippen LogP contribution in [-0.2, 0) is 0 Å². The summed E-state index contributed by atoms with van der Waals surface area (Å²) >= 11 is 0. The molecule has 3 heterocycles. The molecule has 0 spiro atoms. The lowest BCUT2D eigenvalue weighted by Gasteiger charge is -2.03. The molecule has 0 unspecified atom stereocenters. The molecule has 4 rings (SSSR count). The van der Waals surface area contributed by atoms with Crippen molar-refractivity contribution in [2.45, 2.75) is 6.92 Å². The van der Waals surface area contributed by atoms with E-state index in [1.54, 1.807) is 12.3 Å². The standard InChI is InChI=1S/C17H12FN3/c1-10-17-13(12-6-5-11(18)8-15(12)21-17)9-16(20-10)14-4-2-3-7-19-14/h2-9,21H,1H3. The predicted octanol–water partition coefficient (Wildman–Crippen LogP) is 4.23. The first kappa shape index (κ1) is 12.0. The maximum absolute atomic E-state index is 13.4. The molecule has 0 atom stereocenters.